The average molecular weight is 201 g/mol. The number of hydrogen-bond donors (Lipinski definition) is 1. The number of esters is 1. The molecular weight excluding hydrogens is 182 g/mol. The molecular formula is C10H19NO3. The second kappa shape index (κ2) is 5.98. The monoisotopic (exact) mass is 201 g/mol. The van der Waals surface area contributed by atoms with Crippen molar-refractivity contribution in [1.82, 2.24) is 5.32 Å². The van der Waals surface area contributed by atoms with E-state index in [9.17, 15) is 4.79 Å². The van der Waals surface area contributed by atoms with Gasteiger partial charge in [0.25, 0.3) is 0 Å². The minimum absolute atomic E-state index is 0.0206. The second-order valence-electron chi connectivity index (χ2n) is 3.38. The van der Waals surface area contributed by atoms with Gasteiger partial charge in [-0.1, -0.05) is 6.92 Å². The lowest BCUT2D eigenvalue weighted by Gasteiger charge is -2.28. The van der Waals surface area contributed by atoms with Crippen LogP contribution in [0.1, 0.15) is 20.3 Å². The molecule has 0 aromatic carbocycles. The van der Waals surface area contributed by atoms with Crippen LogP contribution in [0, 0.1) is 5.92 Å². The first-order valence-electron chi connectivity index (χ1n) is 5.28. The Balaban J connectivity index is 2.46. The molecule has 4 nitrogen and oxygen atoms in total. The summed E-state index contributed by atoms with van der Waals surface area (Å²) >= 11 is 0. The van der Waals surface area contributed by atoms with Crippen LogP contribution in [-0.4, -0.2) is 38.4 Å². The summed E-state index contributed by atoms with van der Waals surface area (Å²) in [7, 11) is 0. The third-order valence-electron chi connectivity index (χ3n) is 2.43. The highest BCUT2D eigenvalue weighted by atomic mass is 16.5. The highest BCUT2D eigenvalue weighted by Crippen LogP contribution is 2.15. The highest BCUT2D eigenvalue weighted by molar-refractivity contribution is 5.73. The fourth-order valence-electron chi connectivity index (χ4n) is 1.67. The Bertz CT molecular complexity index is 178. The van der Waals surface area contributed by atoms with Gasteiger partial charge in [0.2, 0.25) is 0 Å². The van der Waals surface area contributed by atoms with E-state index in [0.717, 1.165) is 19.5 Å². The summed E-state index contributed by atoms with van der Waals surface area (Å²) < 4.78 is 10.5. The quantitative estimate of drug-likeness (QED) is 0.675. The summed E-state index contributed by atoms with van der Waals surface area (Å²) in [5.41, 5.74) is 0. The minimum atomic E-state index is -0.135. The Morgan fingerprint density at radius 2 is 2.43 bits per heavy atom. The fourth-order valence-corrected chi connectivity index (χ4v) is 1.67. The molecule has 0 aromatic heterocycles. The van der Waals surface area contributed by atoms with Crippen molar-refractivity contribution in [3.63, 3.8) is 0 Å². The van der Waals surface area contributed by atoms with Crippen LogP contribution in [0.3, 0.4) is 0 Å². The smallest absolute Gasteiger partial charge is 0.311 e. The third kappa shape index (κ3) is 2.96. The van der Waals surface area contributed by atoms with Crippen molar-refractivity contribution in [2.24, 2.45) is 5.92 Å². The highest BCUT2D eigenvalue weighted by Gasteiger charge is 2.29. The summed E-state index contributed by atoms with van der Waals surface area (Å²) in [4.78, 5) is 11.5. The number of nitrogens with one attached hydrogen (secondary N) is 1. The predicted molar refractivity (Wildman–Crippen MR) is 53.0 cm³/mol. The van der Waals surface area contributed by atoms with Crippen LogP contribution in [0.25, 0.3) is 0 Å². The molecule has 1 rings (SSSR count). The zero-order chi connectivity index (χ0) is 10.4. The molecule has 2 unspecified atom stereocenters. The maximum absolute atomic E-state index is 11.5. The van der Waals surface area contributed by atoms with E-state index >= 15 is 0 Å². The molecule has 0 aliphatic carbocycles. The Kier molecular flexibility index (Phi) is 4.90. The molecule has 4 heteroatoms. The van der Waals surface area contributed by atoms with Crippen molar-refractivity contribution in [2.45, 2.75) is 26.4 Å². The SMILES string of the molecule is CCOC(=O)C(CC)C1CNCCO1. The van der Waals surface area contributed by atoms with Crippen molar-refractivity contribution in [3.05, 3.63) is 0 Å². The van der Waals surface area contributed by atoms with E-state index < -0.39 is 0 Å². The summed E-state index contributed by atoms with van der Waals surface area (Å²) in [6, 6.07) is 0. The third-order valence-corrected chi connectivity index (χ3v) is 2.43. The molecule has 1 aliphatic rings. The first kappa shape index (κ1) is 11.5. The van der Waals surface area contributed by atoms with Crippen molar-refractivity contribution in [2.75, 3.05) is 26.3 Å². The molecule has 0 saturated carbocycles. The Morgan fingerprint density at radius 3 is 2.93 bits per heavy atom. The topological polar surface area (TPSA) is 47.6 Å². The number of ether oxygens (including phenoxy) is 2. The van der Waals surface area contributed by atoms with Crippen LogP contribution in [0.5, 0.6) is 0 Å². The lowest BCUT2D eigenvalue weighted by atomic mass is 9.98. The molecule has 14 heavy (non-hydrogen) atoms. The van der Waals surface area contributed by atoms with E-state index in [1.165, 1.54) is 0 Å². The molecule has 0 spiro atoms. The van der Waals surface area contributed by atoms with E-state index in [-0.39, 0.29) is 18.0 Å². The van der Waals surface area contributed by atoms with E-state index in [1.807, 2.05) is 13.8 Å². The van der Waals surface area contributed by atoms with Crippen molar-refractivity contribution < 1.29 is 14.3 Å². The van der Waals surface area contributed by atoms with Crippen molar-refractivity contribution in [1.29, 1.82) is 0 Å². The van der Waals surface area contributed by atoms with Crippen LogP contribution in [-0.2, 0) is 14.3 Å². The van der Waals surface area contributed by atoms with E-state index in [4.69, 9.17) is 9.47 Å². The van der Waals surface area contributed by atoms with Crippen molar-refractivity contribution >= 4 is 5.97 Å². The van der Waals surface area contributed by atoms with Gasteiger partial charge in [-0.15, -0.1) is 0 Å². The van der Waals surface area contributed by atoms with Crippen molar-refractivity contribution in [3.8, 4) is 0 Å². The molecule has 1 aliphatic heterocycles. The fraction of sp³-hybridized carbons (Fsp3) is 0.900. The predicted octanol–water partition coefficient (Wildman–Crippen LogP) is 0.564. The lowest BCUT2D eigenvalue weighted by molar-refractivity contribution is -0.154. The Labute approximate surface area is 85.0 Å². The molecule has 0 amide bonds. The molecule has 0 aromatic rings. The normalized spacial score (nSPS) is 24.3. The van der Waals surface area contributed by atoms with Crippen LogP contribution >= 0.6 is 0 Å². The Hall–Kier alpha value is -0.610. The summed E-state index contributed by atoms with van der Waals surface area (Å²) in [6.45, 7) is 6.55. The van der Waals surface area contributed by atoms with Crippen LogP contribution < -0.4 is 5.32 Å². The van der Waals surface area contributed by atoms with Gasteiger partial charge in [0, 0.05) is 13.1 Å². The molecule has 1 saturated heterocycles. The summed E-state index contributed by atoms with van der Waals surface area (Å²) in [5, 5.41) is 3.21. The second-order valence-corrected chi connectivity index (χ2v) is 3.38. The maximum Gasteiger partial charge on any atom is 0.311 e. The van der Waals surface area contributed by atoms with Gasteiger partial charge in [-0.05, 0) is 13.3 Å². The zero-order valence-electron chi connectivity index (χ0n) is 8.91. The van der Waals surface area contributed by atoms with Gasteiger partial charge < -0.3 is 14.8 Å². The number of rotatable bonds is 4. The number of carbonyl (C=O) groups is 1. The number of carbonyl (C=O) groups excluding carboxylic acids is 1. The van der Waals surface area contributed by atoms with E-state index in [0.29, 0.717) is 13.2 Å². The maximum atomic E-state index is 11.5. The lowest BCUT2D eigenvalue weighted by Crippen LogP contribution is -2.45. The average Bonchev–Trinajstić information content (AvgIpc) is 2.21. The molecule has 0 bridgehead atoms. The molecule has 0 radical (unpaired) electrons. The van der Waals surface area contributed by atoms with Crippen LogP contribution in [0.2, 0.25) is 0 Å². The van der Waals surface area contributed by atoms with Gasteiger partial charge in [0.15, 0.2) is 0 Å². The Morgan fingerprint density at radius 1 is 1.64 bits per heavy atom. The molecule has 1 heterocycles. The largest absolute Gasteiger partial charge is 0.466 e. The molecule has 1 N–H and O–H groups in total. The van der Waals surface area contributed by atoms with Gasteiger partial charge in [-0.2, -0.15) is 0 Å². The summed E-state index contributed by atoms with van der Waals surface area (Å²) in [6.07, 6.45) is 0.748. The van der Waals surface area contributed by atoms with Gasteiger partial charge in [-0.3, -0.25) is 4.79 Å². The van der Waals surface area contributed by atoms with Gasteiger partial charge >= 0.3 is 5.97 Å². The first-order valence-corrected chi connectivity index (χ1v) is 5.28. The van der Waals surface area contributed by atoms with E-state index in [1.54, 1.807) is 0 Å². The molecule has 82 valence electrons. The minimum Gasteiger partial charge on any atom is -0.466 e. The zero-order valence-corrected chi connectivity index (χ0v) is 8.91. The van der Waals surface area contributed by atoms with Crippen LogP contribution in [0.4, 0.5) is 0 Å². The molecule has 1 fully saturated rings. The standard InChI is InChI=1S/C10H19NO3/c1-3-8(10(12)13-4-2)9-7-11-5-6-14-9/h8-9,11H,3-7H2,1-2H3. The first-order chi connectivity index (χ1) is 6.79. The molecule has 2 atom stereocenters. The summed E-state index contributed by atoms with van der Waals surface area (Å²) in [5.74, 6) is -0.258. The van der Waals surface area contributed by atoms with E-state index in [2.05, 4.69) is 5.32 Å². The number of morpholine rings is 1. The van der Waals surface area contributed by atoms with Gasteiger partial charge in [0.1, 0.15) is 0 Å². The van der Waals surface area contributed by atoms with Gasteiger partial charge in [-0.25, -0.2) is 0 Å². The van der Waals surface area contributed by atoms with Gasteiger partial charge in [0.05, 0.1) is 25.2 Å². The number of hydrogen-bond acceptors (Lipinski definition) is 4. The van der Waals surface area contributed by atoms with Crippen LogP contribution in [0.15, 0.2) is 0 Å².